The second-order valence-corrected chi connectivity index (χ2v) is 6.37. The lowest BCUT2D eigenvalue weighted by atomic mass is 9.99. The molecule has 1 aromatic carbocycles. The second-order valence-electron chi connectivity index (χ2n) is 6.37. The topological polar surface area (TPSA) is 47.4 Å². The zero-order valence-electron chi connectivity index (χ0n) is 14.0. The molecule has 3 rings (SSSR count). The zero-order chi connectivity index (χ0) is 16.4. The predicted octanol–water partition coefficient (Wildman–Crippen LogP) is 2.47. The van der Waals surface area contributed by atoms with Crippen LogP contribution in [0.3, 0.4) is 0 Å². The lowest BCUT2D eigenvalue weighted by molar-refractivity contribution is 0.407. The number of anilines is 1. The Morgan fingerprint density at radius 1 is 1.35 bits per heavy atom. The summed E-state index contributed by atoms with van der Waals surface area (Å²) in [5.41, 5.74) is 2.44. The molecule has 0 saturated carbocycles. The summed E-state index contributed by atoms with van der Waals surface area (Å²) in [7, 11) is 1.70. The van der Waals surface area contributed by atoms with Crippen molar-refractivity contribution in [3.8, 4) is 5.75 Å². The number of nitrogens with zero attached hydrogens (tertiary/aromatic N) is 3. The van der Waals surface area contributed by atoms with Crippen molar-refractivity contribution in [3.05, 3.63) is 52.1 Å². The number of hydrogen-bond acceptors (Lipinski definition) is 4. The molecule has 0 bridgehead atoms. The minimum Gasteiger partial charge on any atom is -0.496 e. The Kier molecular flexibility index (Phi) is 4.37. The van der Waals surface area contributed by atoms with E-state index in [4.69, 9.17) is 4.74 Å². The maximum absolute atomic E-state index is 12.7. The molecule has 1 aromatic heterocycles. The van der Waals surface area contributed by atoms with E-state index in [1.54, 1.807) is 24.1 Å². The molecule has 0 saturated heterocycles. The van der Waals surface area contributed by atoms with Gasteiger partial charge in [-0.3, -0.25) is 4.79 Å². The summed E-state index contributed by atoms with van der Waals surface area (Å²) in [6.07, 6.45) is 4.35. The van der Waals surface area contributed by atoms with Crippen LogP contribution in [0.15, 0.2) is 35.4 Å². The monoisotopic (exact) mass is 313 g/mol. The number of fused-ring (bicyclic) bond motifs is 1. The number of hydrogen-bond donors (Lipinski definition) is 0. The molecule has 0 unspecified atom stereocenters. The van der Waals surface area contributed by atoms with Gasteiger partial charge in [0.2, 0.25) is 0 Å². The van der Waals surface area contributed by atoms with Crippen molar-refractivity contribution in [1.29, 1.82) is 0 Å². The Morgan fingerprint density at radius 3 is 2.91 bits per heavy atom. The number of methoxy groups -OCH3 is 1. The van der Waals surface area contributed by atoms with E-state index in [0.717, 1.165) is 18.7 Å². The summed E-state index contributed by atoms with van der Waals surface area (Å²) < 4.78 is 7.20. The normalized spacial score (nSPS) is 14.0. The smallest absolute Gasteiger partial charge is 0.293 e. The fourth-order valence-electron chi connectivity index (χ4n) is 3.14. The highest BCUT2D eigenvalue weighted by atomic mass is 16.5. The van der Waals surface area contributed by atoms with Crippen molar-refractivity contribution in [2.24, 2.45) is 5.92 Å². The Morgan fingerprint density at radius 2 is 2.17 bits per heavy atom. The van der Waals surface area contributed by atoms with Crippen molar-refractivity contribution in [2.45, 2.75) is 33.4 Å². The molecule has 2 heterocycles. The highest BCUT2D eigenvalue weighted by Crippen LogP contribution is 2.28. The third kappa shape index (κ3) is 3.09. The van der Waals surface area contributed by atoms with Gasteiger partial charge in [0.1, 0.15) is 5.75 Å². The molecule has 2 aromatic rings. The van der Waals surface area contributed by atoms with Crippen LogP contribution in [-0.2, 0) is 19.5 Å². The SMILES string of the molecule is COc1cccc2c1CCN(c1nccn(CC(C)C)c1=O)C2. The number of ether oxygens (including phenoxy) is 1. The Labute approximate surface area is 136 Å². The molecular weight excluding hydrogens is 290 g/mol. The fraction of sp³-hybridized carbons (Fsp3) is 0.444. The minimum atomic E-state index is -0.00690. The van der Waals surface area contributed by atoms with Gasteiger partial charge in [-0.15, -0.1) is 0 Å². The fourth-order valence-corrected chi connectivity index (χ4v) is 3.14. The number of aromatic nitrogens is 2. The Balaban J connectivity index is 1.91. The van der Waals surface area contributed by atoms with Crippen molar-refractivity contribution < 1.29 is 4.74 Å². The quantitative estimate of drug-likeness (QED) is 0.870. The lowest BCUT2D eigenvalue weighted by Crippen LogP contribution is -2.37. The standard InChI is InChI=1S/C18H23N3O2/c1-13(2)11-21-10-8-19-17(18(21)22)20-9-7-15-14(12-20)5-4-6-16(15)23-3/h4-6,8,10,13H,7,9,11-12H2,1-3H3. The Bertz CT molecular complexity index is 752. The Hall–Kier alpha value is -2.30. The third-order valence-corrected chi connectivity index (χ3v) is 4.20. The second kappa shape index (κ2) is 6.44. The predicted molar refractivity (Wildman–Crippen MR) is 91.1 cm³/mol. The molecule has 0 amide bonds. The number of rotatable bonds is 4. The molecule has 0 atom stereocenters. The molecule has 0 fully saturated rings. The van der Waals surface area contributed by atoms with E-state index in [0.29, 0.717) is 24.8 Å². The van der Waals surface area contributed by atoms with E-state index in [1.165, 1.54) is 11.1 Å². The largest absolute Gasteiger partial charge is 0.496 e. The molecule has 122 valence electrons. The van der Waals surface area contributed by atoms with E-state index in [-0.39, 0.29) is 5.56 Å². The van der Waals surface area contributed by atoms with Gasteiger partial charge in [0.05, 0.1) is 7.11 Å². The molecule has 0 spiro atoms. The maximum atomic E-state index is 12.7. The van der Waals surface area contributed by atoms with Crippen LogP contribution in [0, 0.1) is 5.92 Å². The van der Waals surface area contributed by atoms with Crippen LogP contribution >= 0.6 is 0 Å². The van der Waals surface area contributed by atoms with E-state index in [1.807, 2.05) is 12.1 Å². The van der Waals surface area contributed by atoms with Crippen LogP contribution in [0.2, 0.25) is 0 Å². The molecule has 0 N–H and O–H groups in total. The van der Waals surface area contributed by atoms with Crippen LogP contribution in [0.1, 0.15) is 25.0 Å². The highest BCUT2D eigenvalue weighted by molar-refractivity contribution is 5.47. The number of benzene rings is 1. The van der Waals surface area contributed by atoms with Gasteiger partial charge in [-0.1, -0.05) is 26.0 Å². The van der Waals surface area contributed by atoms with Crippen LogP contribution in [0.4, 0.5) is 5.82 Å². The van der Waals surface area contributed by atoms with Crippen LogP contribution < -0.4 is 15.2 Å². The van der Waals surface area contributed by atoms with Gasteiger partial charge in [-0.2, -0.15) is 0 Å². The van der Waals surface area contributed by atoms with E-state index in [9.17, 15) is 4.79 Å². The van der Waals surface area contributed by atoms with Gasteiger partial charge in [0, 0.05) is 37.6 Å². The summed E-state index contributed by atoms with van der Waals surface area (Å²) in [4.78, 5) is 19.1. The molecule has 5 heteroatoms. The summed E-state index contributed by atoms with van der Waals surface area (Å²) in [6.45, 7) is 6.40. The summed E-state index contributed by atoms with van der Waals surface area (Å²) in [6, 6.07) is 6.08. The van der Waals surface area contributed by atoms with E-state index < -0.39 is 0 Å². The van der Waals surface area contributed by atoms with Crippen LogP contribution in [-0.4, -0.2) is 23.2 Å². The zero-order valence-corrected chi connectivity index (χ0v) is 14.0. The maximum Gasteiger partial charge on any atom is 0.293 e. The van der Waals surface area contributed by atoms with Gasteiger partial charge >= 0.3 is 0 Å². The first kappa shape index (κ1) is 15.6. The average molecular weight is 313 g/mol. The molecule has 1 aliphatic rings. The van der Waals surface area contributed by atoms with Crippen LogP contribution in [0.5, 0.6) is 5.75 Å². The molecule has 0 radical (unpaired) electrons. The minimum absolute atomic E-state index is 0.00690. The molecule has 5 nitrogen and oxygen atoms in total. The van der Waals surface area contributed by atoms with E-state index >= 15 is 0 Å². The van der Waals surface area contributed by atoms with Crippen molar-refractivity contribution >= 4 is 5.82 Å². The molecule has 0 aliphatic carbocycles. The van der Waals surface area contributed by atoms with Gasteiger partial charge in [-0.05, 0) is 24.0 Å². The summed E-state index contributed by atoms with van der Waals surface area (Å²) >= 11 is 0. The van der Waals surface area contributed by atoms with Gasteiger partial charge < -0.3 is 14.2 Å². The summed E-state index contributed by atoms with van der Waals surface area (Å²) in [5.74, 6) is 1.90. The van der Waals surface area contributed by atoms with Crippen molar-refractivity contribution in [3.63, 3.8) is 0 Å². The van der Waals surface area contributed by atoms with Crippen LogP contribution in [0.25, 0.3) is 0 Å². The van der Waals surface area contributed by atoms with Crippen molar-refractivity contribution in [1.82, 2.24) is 9.55 Å². The van der Waals surface area contributed by atoms with Gasteiger partial charge in [0.15, 0.2) is 5.82 Å². The first-order valence-electron chi connectivity index (χ1n) is 8.05. The molecule has 23 heavy (non-hydrogen) atoms. The van der Waals surface area contributed by atoms with E-state index in [2.05, 4.69) is 29.8 Å². The lowest BCUT2D eigenvalue weighted by Gasteiger charge is -2.30. The molecule has 1 aliphatic heterocycles. The van der Waals surface area contributed by atoms with Crippen molar-refractivity contribution in [2.75, 3.05) is 18.6 Å². The average Bonchev–Trinajstić information content (AvgIpc) is 2.55. The van der Waals surface area contributed by atoms with Gasteiger partial charge in [-0.25, -0.2) is 4.98 Å². The highest BCUT2D eigenvalue weighted by Gasteiger charge is 2.22. The first-order valence-corrected chi connectivity index (χ1v) is 8.05. The third-order valence-electron chi connectivity index (χ3n) is 4.20. The van der Waals surface area contributed by atoms with Gasteiger partial charge in [0.25, 0.3) is 5.56 Å². The summed E-state index contributed by atoms with van der Waals surface area (Å²) in [5, 5.41) is 0. The molecular formula is C18H23N3O2. The first-order chi connectivity index (χ1) is 11.1.